The lowest BCUT2D eigenvalue weighted by Crippen LogP contribution is -2.30. The SMILES string of the molecule is CN(CC(=O)Nc1ccccc1Br)c1nc(C(F)(F)F)cs1. The van der Waals surface area contributed by atoms with Gasteiger partial charge in [-0.25, -0.2) is 4.98 Å². The number of para-hydroxylation sites is 1. The molecule has 1 aromatic carbocycles. The van der Waals surface area contributed by atoms with Gasteiger partial charge < -0.3 is 10.2 Å². The topological polar surface area (TPSA) is 45.2 Å². The number of hydrogen-bond donors (Lipinski definition) is 1. The summed E-state index contributed by atoms with van der Waals surface area (Å²) in [5.41, 5.74) is -0.360. The minimum absolute atomic E-state index is 0.105. The van der Waals surface area contributed by atoms with Gasteiger partial charge in [0.05, 0.1) is 12.2 Å². The van der Waals surface area contributed by atoms with Crippen LogP contribution in [0.4, 0.5) is 24.0 Å². The molecule has 4 nitrogen and oxygen atoms in total. The molecule has 0 saturated carbocycles. The normalized spacial score (nSPS) is 11.3. The zero-order valence-corrected chi connectivity index (χ0v) is 13.7. The summed E-state index contributed by atoms with van der Waals surface area (Å²) in [4.78, 5) is 16.8. The summed E-state index contributed by atoms with van der Waals surface area (Å²) in [6, 6.07) is 7.06. The molecular weight excluding hydrogens is 383 g/mol. The van der Waals surface area contributed by atoms with Gasteiger partial charge in [-0.05, 0) is 28.1 Å². The summed E-state index contributed by atoms with van der Waals surface area (Å²) in [6.07, 6.45) is -4.48. The van der Waals surface area contributed by atoms with E-state index < -0.39 is 11.9 Å². The molecule has 9 heteroatoms. The Bertz CT molecular complexity index is 675. The van der Waals surface area contributed by atoms with Crippen molar-refractivity contribution in [2.45, 2.75) is 6.18 Å². The maximum absolute atomic E-state index is 12.5. The van der Waals surface area contributed by atoms with E-state index in [2.05, 4.69) is 26.2 Å². The van der Waals surface area contributed by atoms with Crippen LogP contribution in [0.25, 0.3) is 0 Å². The zero-order chi connectivity index (χ0) is 16.3. The number of aromatic nitrogens is 1. The summed E-state index contributed by atoms with van der Waals surface area (Å²) >= 11 is 4.14. The third-order valence-electron chi connectivity index (χ3n) is 2.64. The van der Waals surface area contributed by atoms with Crippen molar-refractivity contribution in [2.24, 2.45) is 0 Å². The first-order valence-corrected chi connectivity index (χ1v) is 7.73. The quantitative estimate of drug-likeness (QED) is 0.853. The molecule has 0 saturated heterocycles. The number of rotatable bonds is 4. The van der Waals surface area contributed by atoms with Crippen molar-refractivity contribution in [3.8, 4) is 0 Å². The van der Waals surface area contributed by atoms with Gasteiger partial charge in [0, 0.05) is 16.9 Å². The van der Waals surface area contributed by atoms with Crippen LogP contribution in [0.15, 0.2) is 34.1 Å². The van der Waals surface area contributed by atoms with Gasteiger partial charge >= 0.3 is 6.18 Å². The number of carbonyl (C=O) groups excluding carboxylic acids is 1. The Morgan fingerprint density at radius 2 is 2.09 bits per heavy atom. The molecule has 0 atom stereocenters. The fourth-order valence-electron chi connectivity index (χ4n) is 1.61. The first kappa shape index (κ1) is 16.8. The Morgan fingerprint density at radius 1 is 1.41 bits per heavy atom. The average Bonchev–Trinajstić information content (AvgIpc) is 2.91. The van der Waals surface area contributed by atoms with Crippen molar-refractivity contribution in [3.05, 3.63) is 39.8 Å². The zero-order valence-electron chi connectivity index (χ0n) is 11.3. The Morgan fingerprint density at radius 3 is 2.68 bits per heavy atom. The Labute approximate surface area is 137 Å². The fourth-order valence-corrected chi connectivity index (χ4v) is 2.79. The molecule has 118 valence electrons. The predicted octanol–water partition coefficient (Wildman–Crippen LogP) is 4.00. The maximum atomic E-state index is 12.5. The van der Waals surface area contributed by atoms with Gasteiger partial charge in [0.15, 0.2) is 10.8 Å². The number of halogens is 4. The minimum atomic E-state index is -4.48. The number of likely N-dealkylation sites (N-methyl/N-ethyl adjacent to an activating group) is 1. The number of hydrogen-bond acceptors (Lipinski definition) is 4. The van der Waals surface area contributed by atoms with E-state index in [9.17, 15) is 18.0 Å². The maximum Gasteiger partial charge on any atom is 0.434 e. The molecule has 0 aliphatic heterocycles. The number of anilines is 2. The number of nitrogens with zero attached hydrogens (tertiary/aromatic N) is 2. The summed E-state index contributed by atoms with van der Waals surface area (Å²) in [7, 11) is 1.51. The van der Waals surface area contributed by atoms with Crippen molar-refractivity contribution in [2.75, 3.05) is 23.8 Å². The van der Waals surface area contributed by atoms with Crippen molar-refractivity contribution in [1.29, 1.82) is 0 Å². The van der Waals surface area contributed by atoms with E-state index in [0.717, 1.165) is 21.2 Å². The molecule has 1 heterocycles. The van der Waals surface area contributed by atoms with Crippen LogP contribution in [0.5, 0.6) is 0 Å². The molecular formula is C13H11BrF3N3OS. The van der Waals surface area contributed by atoms with E-state index in [1.54, 1.807) is 24.3 Å². The molecule has 0 unspecified atom stereocenters. The highest BCUT2D eigenvalue weighted by atomic mass is 79.9. The van der Waals surface area contributed by atoms with Crippen LogP contribution in [-0.2, 0) is 11.0 Å². The van der Waals surface area contributed by atoms with Crippen LogP contribution in [-0.4, -0.2) is 24.5 Å². The third kappa shape index (κ3) is 4.20. The summed E-state index contributed by atoms with van der Waals surface area (Å²) in [5, 5.41) is 3.74. The van der Waals surface area contributed by atoms with Gasteiger partial charge in [-0.3, -0.25) is 4.79 Å². The lowest BCUT2D eigenvalue weighted by Gasteiger charge is -2.15. The second-order valence-corrected chi connectivity index (χ2v) is 6.09. The number of alkyl halides is 3. The number of benzene rings is 1. The monoisotopic (exact) mass is 393 g/mol. The first-order valence-electron chi connectivity index (χ1n) is 6.05. The molecule has 0 spiro atoms. The molecule has 1 N–H and O–H groups in total. The Balaban J connectivity index is 2.00. The molecule has 0 radical (unpaired) electrons. The number of amides is 1. The smallest absolute Gasteiger partial charge is 0.342 e. The van der Waals surface area contributed by atoms with E-state index in [1.165, 1.54) is 11.9 Å². The minimum Gasteiger partial charge on any atom is -0.342 e. The van der Waals surface area contributed by atoms with Crippen LogP contribution in [0.3, 0.4) is 0 Å². The second-order valence-electron chi connectivity index (χ2n) is 4.40. The molecule has 2 rings (SSSR count). The molecule has 0 aliphatic carbocycles. The van der Waals surface area contributed by atoms with Crippen molar-refractivity contribution in [3.63, 3.8) is 0 Å². The van der Waals surface area contributed by atoms with Crippen LogP contribution in [0.2, 0.25) is 0 Å². The van der Waals surface area contributed by atoms with Gasteiger partial charge in [-0.1, -0.05) is 12.1 Å². The van der Waals surface area contributed by atoms with Gasteiger partial charge in [0.25, 0.3) is 0 Å². The van der Waals surface area contributed by atoms with E-state index in [1.807, 2.05) is 0 Å². The van der Waals surface area contributed by atoms with Crippen LogP contribution in [0.1, 0.15) is 5.69 Å². The van der Waals surface area contributed by atoms with Crippen molar-refractivity contribution < 1.29 is 18.0 Å². The molecule has 1 amide bonds. The lowest BCUT2D eigenvalue weighted by atomic mass is 10.3. The highest BCUT2D eigenvalue weighted by Gasteiger charge is 2.34. The van der Waals surface area contributed by atoms with E-state index in [-0.39, 0.29) is 17.6 Å². The molecule has 2 aromatic rings. The first-order chi connectivity index (χ1) is 10.3. The van der Waals surface area contributed by atoms with Gasteiger partial charge in [0.2, 0.25) is 5.91 Å². The van der Waals surface area contributed by atoms with E-state index >= 15 is 0 Å². The number of nitrogens with one attached hydrogen (secondary N) is 1. The fraction of sp³-hybridized carbons (Fsp3) is 0.231. The standard InChI is InChI=1S/C13H11BrF3N3OS/c1-20(12-19-10(7-22-12)13(15,16)17)6-11(21)18-9-5-3-2-4-8(9)14/h2-5,7H,6H2,1H3,(H,18,21). The Kier molecular flexibility index (Phi) is 5.07. The highest BCUT2D eigenvalue weighted by molar-refractivity contribution is 9.10. The van der Waals surface area contributed by atoms with Crippen LogP contribution < -0.4 is 10.2 Å². The molecule has 0 aliphatic rings. The molecule has 0 fully saturated rings. The van der Waals surface area contributed by atoms with E-state index in [4.69, 9.17) is 0 Å². The molecule has 1 aromatic heterocycles. The molecule has 0 bridgehead atoms. The van der Waals surface area contributed by atoms with Crippen LogP contribution >= 0.6 is 27.3 Å². The summed E-state index contributed by atoms with van der Waals surface area (Å²) in [5.74, 6) is -0.349. The van der Waals surface area contributed by atoms with Crippen LogP contribution in [0, 0.1) is 0 Å². The van der Waals surface area contributed by atoms with E-state index in [0.29, 0.717) is 5.69 Å². The summed E-state index contributed by atoms with van der Waals surface area (Å²) < 4.78 is 38.2. The predicted molar refractivity (Wildman–Crippen MR) is 83.2 cm³/mol. The van der Waals surface area contributed by atoms with Gasteiger partial charge in [0.1, 0.15) is 0 Å². The third-order valence-corrected chi connectivity index (χ3v) is 4.28. The molecule has 22 heavy (non-hydrogen) atoms. The van der Waals surface area contributed by atoms with Gasteiger partial charge in [-0.15, -0.1) is 11.3 Å². The summed E-state index contributed by atoms with van der Waals surface area (Å²) in [6.45, 7) is -0.105. The van der Waals surface area contributed by atoms with Crippen molar-refractivity contribution >= 4 is 44.0 Å². The average molecular weight is 394 g/mol. The largest absolute Gasteiger partial charge is 0.434 e. The second kappa shape index (κ2) is 6.66. The number of thiazole rings is 1. The number of carbonyl (C=O) groups is 1. The van der Waals surface area contributed by atoms with Crippen molar-refractivity contribution in [1.82, 2.24) is 4.98 Å². The Hall–Kier alpha value is -1.61. The highest BCUT2D eigenvalue weighted by Crippen LogP contribution is 2.32. The van der Waals surface area contributed by atoms with Gasteiger partial charge in [-0.2, -0.15) is 13.2 Å². The lowest BCUT2D eigenvalue weighted by molar-refractivity contribution is -0.140.